The van der Waals surface area contributed by atoms with E-state index in [2.05, 4.69) is 52.0 Å². The van der Waals surface area contributed by atoms with E-state index in [4.69, 9.17) is 16.1 Å². The zero-order valence-corrected chi connectivity index (χ0v) is 17.0. The van der Waals surface area contributed by atoms with Crippen molar-refractivity contribution in [1.82, 2.24) is 24.9 Å². The number of halogens is 1. The molecule has 2 aromatic carbocycles. The van der Waals surface area contributed by atoms with Crippen molar-refractivity contribution in [2.75, 3.05) is 0 Å². The minimum atomic E-state index is -0.469. The van der Waals surface area contributed by atoms with E-state index in [-0.39, 0.29) is 0 Å². The fourth-order valence-electron chi connectivity index (χ4n) is 2.95. The topological polar surface area (TPSA) is 69.6 Å². The highest BCUT2D eigenvalue weighted by Gasteiger charge is 2.24. The summed E-state index contributed by atoms with van der Waals surface area (Å²) in [6.07, 6.45) is 0. The number of nitrogens with zero attached hydrogens (tertiary/aromatic N) is 5. The summed E-state index contributed by atoms with van der Waals surface area (Å²) in [5.41, 5.74) is 2.95. The normalized spacial score (nSPS) is 12.3. The van der Waals surface area contributed by atoms with Gasteiger partial charge in [0.25, 0.3) is 5.89 Å². The third-order valence-electron chi connectivity index (χ3n) is 4.41. The van der Waals surface area contributed by atoms with Gasteiger partial charge in [-0.3, -0.25) is 0 Å². The van der Waals surface area contributed by atoms with E-state index in [0.717, 1.165) is 17.0 Å². The van der Waals surface area contributed by atoms with E-state index >= 15 is 0 Å². The Hall–Kier alpha value is -2.64. The molecule has 0 aliphatic rings. The van der Waals surface area contributed by atoms with Crippen LogP contribution in [0.1, 0.15) is 29.4 Å². The molecule has 28 heavy (non-hydrogen) atoms. The van der Waals surface area contributed by atoms with Crippen molar-refractivity contribution < 1.29 is 4.52 Å². The van der Waals surface area contributed by atoms with Gasteiger partial charge in [0.05, 0.1) is 0 Å². The third-order valence-corrected chi connectivity index (χ3v) is 5.10. The fraction of sp³-hybridized carbons (Fsp3) is 0.200. The third kappa shape index (κ3) is 3.55. The molecule has 1 unspecified atom stereocenters. The molecule has 0 saturated heterocycles. The highest BCUT2D eigenvalue weighted by Crippen LogP contribution is 2.30. The Bertz CT molecular complexity index is 1110. The van der Waals surface area contributed by atoms with E-state index in [0.29, 0.717) is 29.1 Å². The SMILES string of the molecule is CCn1c(-c2ccc(C)cc2)nnc1C(S)c1noc(-c2cccc(Cl)c2)n1. The van der Waals surface area contributed by atoms with Crippen LogP contribution >= 0.6 is 24.2 Å². The Morgan fingerprint density at radius 2 is 1.89 bits per heavy atom. The molecule has 6 nitrogen and oxygen atoms in total. The van der Waals surface area contributed by atoms with Crippen molar-refractivity contribution >= 4 is 24.2 Å². The van der Waals surface area contributed by atoms with Gasteiger partial charge in [-0.05, 0) is 32.0 Å². The van der Waals surface area contributed by atoms with E-state index in [1.165, 1.54) is 5.56 Å². The number of thiol groups is 1. The molecular weight excluding hydrogens is 394 g/mol. The summed E-state index contributed by atoms with van der Waals surface area (Å²) in [5.74, 6) is 2.27. The Morgan fingerprint density at radius 1 is 1.11 bits per heavy atom. The fourth-order valence-corrected chi connectivity index (χ4v) is 3.43. The van der Waals surface area contributed by atoms with Crippen LogP contribution in [0.25, 0.3) is 22.8 Å². The lowest BCUT2D eigenvalue weighted by molar-refractivity contribution is 0.422. The Labute approximate surface area is 173 Å². The molecule has 0 bridgehead atoms. The van der Waals surface area contributed by atoms with Crippen molar-refractivity contribution in [3.63, 3.8) is 0 Å². The van der Waals surface area contributed by atoms with Gasteiger partial charge < -0.3 is 9.09 Å². The van der Waals surface area contributed by atoms with Crippen LogP contribution in [0.15, 0.2) is 53.1 Å². The molecule has 4 aromatic rings. The zero-order valence-electron chi connectivity index (χ0n) is 15.4. The smallest absolute Gasteiger partial charge is 0.258 e. The molecule has 0 N–H and O–H groups in total. The zero-order chi connectivity index (χ0) is 19.7. The van der Waals surface area contributed by atoms with Gasteiger partial charge >= 0.3 is 0 Å². The molecule has 0 fully saturated rings. The molecule has 0 spiro atoms. The number of benzene rings is 2. The van der Waals surface area contributed by atoms with Gasteiger partial charge in [-0.25, -0.2) is 0 Å². The maximum absolute atomic E-state index is 6.04. The summed E-state index contributed by atoms with van der Waals surface area (Å²) in [7, 11) is 0. The van der Waals surface area contributed by atoms with E-state index in [1.807, 2.05) is 35.8 Å². The molecule has 1 atom stereocenters. The first-order chi connectivity index (χ1) is 13.6. The van der Waals surface area contributed by atoms with Crippen LogP contribution in [-0.4, -0.2) is 24.9 Å². The lowest BCUT2D eigenvalue weighted by Gasteiger charge is -2.10. The molecule has 0 aliphatic carbocycles. The maximum atomic E-state index is 6.04. The van der Waals surface area contributed by atoms with Crippen LogP contribution in [0.2, 0.25) is 5.02 Å². The standard InChI is InChI=1S/C20H18ClN5OS/c1-3-26-18(13-9-7-12(2)8-10-13)23-24-19(26)16(28)17-22-20(27-25-17)14-5-4-6-15(21)11-14/h4-11,16,28H,3H2,1-2H3. The summed E-state index contributed by atoms with van der Waals surface area (Å²) in [6, 6.07) is 15.4. The molecule has 0 saturated carbocycles. The van der Waals surface area contributed by atoms with Crippen molar-refractivity contribution in [3.8, 4) is 22.8 Å². The average molecular weight is 412 g/mol. The Kier molecular flexibility index (Phi) is 5.19. The molecule has 142 valence electrons. The quantitative estimate of drug-likeness (QED) is 0.468. The highest BCUT2D eigenvalue weighted by molar-refractivity contribution is 7.80. The molecular formula is C20H18ClN5OS. The van der Waals surface area contributed by atoms with Crippen LogP contribution in [0.3, 0.4) is 0 Å². The second-order valence-corrected chi connectivity index (χ2v) is 7.32. The molecule has 0 radical (unpaired) electrons. The number of rotatable bonds is 5. The summed E-state index contributed by atoms with van der Waals surface area (Å²) < 4.78 is 7.41. The minimum Gasteiger partial charge on any atom is -0.334 e. The summed E-state index contributed by atoms with van der Waals surface area (Å²) >= 11 is 10.7. The largest absolute Gasteiger partial charge is 0.334 e. The van der Waals surface area contributed by atoms with Gasteiger partial charge in [0.15, 0.2) is 17.5 Å². The van der Waals surface area contributed by atoms with E-state index < -0.39 is 5.25 Å². The van der Waals surface area contributed by atoms with Crippen molar-refractivity contribution in [2.45, 2.75) is 25.6 Å². The number of hydrogen-bond acceptors (Lipinski definition) is 6. The molecule has 2 aromatic heterocycles. The van der Waals surface area contributed by atoms with Gasteiger partial charge in [0, 0.05) is 22.7 Å². The highest BCUT2D eigenvalue weighted by atomic mass is 35.5. The number of aryl methyl sites for hydroxylation is 1. The molecule has 8 heteroatoms. The second kappa shape index (κ2) is 7.77. The predicted octanol–water partition coefficient (Wildman–Crippen LogP) is 5.00. The first-order valence-electron chi connectivity index (χ1n) is 8.84. The van der Waals surface area contributed by atoms with Gasteiger partial charge in [-0.1, -0.05) is 52.7 Å². The van der Waals surface area contributed by atoms with Crippen LogP contribution in [-0.2, 0) is 6.54 Å². The maximum Gasteiger partial charge on any atom is 0.258 e. The number of hydrogen-bond donors (Lipinski definition) is 1. The van der Waals surface area contributed by atoms with Crippen LogP contribution in [0.5, 0.6) is 0 Å². The summed E-state index contributed by atoms with van der Waals surface area (Å²) in [4.78, 5) is 4.47. The molecule has 2 heterocycles. The van der Waals surface area contributed by atoms with Gasteiger partial charge in [0.1, 0.15) is 5.25 Å². The van der Waals surface area contributed by atoms with Crippen LogP contribution in [0, 0.1) is 6.92 Å². The summed E-state index contributed by atoms with van der Waals surface area (Å²) in [5, 5.41) is 12.9. The van der Waals surface area contributed by atoms with Crippen molar-refractivity contribution in [1.29, 1.82) is 0 Å². The minimum absolute atomic E-state index is 0.387. The first kappa shape index (κ1) is 18.7. The molecule has 0 aliphatic heterocycles. The first-order valence-corrected chi connectivity index (χ1v) is 9.74. The molecule has 0 amide bonds. The van der Waals surface area contributed by atoms with Gasteiger partial charge in [-0.2, -0.15) is 17.6 Å². The summed E-state index contributed by atoms with van der Waals surface area (Å²) in [6.45, 7) is 4.79. The Balaban J connectivity index is 1.67. The van der Waals surface area contributed by atoms with E-state index in [9.17, 15) is 0 Å². The monoisotopic (exact) mass is 411 g/mol. The van der Waals surface area contributed by atoms with Gasteiger partial charge in [0.2, 0.25) is 0 Å². The Morgan fingerprint density at radius 3 is 2.61 bits per heavy atom. The molecule has 4 rings (SSSR count). The van der Waals surface area contributed by atoms with Crippen LogP contribution < -0.4 is 0 Å². The lowest BCUT2D eigenvalue weighted by Crippen LogP contribution is -2.08. The average Bonchev–Trinajstić information content (AvgIpc) is 3.35. The van der Waals surface area contributed by atoms with Crippen molar-refractivity contribution in [2.24, 2.45) is 0 Å². The number of aromatic nitrogens is 5. The van der Waals surface area contributed by atoms with Gasteiger partial charge in [-0.15, -0.1) is 10.2 Å². The predicted molar refractivity (Wildman–Crippen MR) is 111 cm³/mol. The van der Waals surface area contributed by atoms with Crippen molar-refractivity contribution in [3.05, 3.63) is 70.8 Å². The lowest BCUT2D eigenvalue weighted by atomic mass is 10.1. The van der Waals surface area contributed by atoms with E-state index in [1.54, 1.807) is 12.1 Å². The second-order valence-electron chi connectivity index (χ2n) is 6.36. The van der Waals surface area contributed by atoms with Crippen LogP contribution in [0.4, 0.5) is 0 Å².